The van der Waals surface area contributed by atoms with E-state index in [1.165, 1.54) is 0 Å². The van der Waals surface area contributed by atoms with E-state index in [9.17, 15) is 4.79 Å². The highest BCUT2D eigenvalue weighted by atomic mass is 16.5. The minimum atomic E-state index is -0.0861. The molecule has 0 saturated carbocycles. The van der Waals surface area contributed by atoms with Crippen molar-refractivity contribution in [3.63, 3.8) is 0 Å². The number of benzene rings is 2. The van der Waals surface area contributed by atoms with Gasteiger partial charge in [-0.05, 0) is 56.9 Å². The normalized spacial score (nSPS) is 10.9. The molecule has 7 heteroatoms. The molecule has 1 amide bonds. The van der Waals surface area contributed by atoms with Crippen LogP contribution in [0.2, 0.25) is 0 Å². The molecule has 0 atom stereocenters. The molecule has 0 radical (unpaired) electrons. The molecule has 0 unspecified atom stereocenters. The lowest BCUT2D eigenvalue weighted by Crippen LogP contribution is -2.16. The van der Waals surface area contributed by atoms with E-state index in [-0.39, 0.29) is 12.3 Å². The maximum atomic E-state index is 12.4. The Kier molecular flexibility index (Phi) is 6.97. The number of ether oxygens (including phenoxy) is 1. The van der Waals surface area contributed by atoms with Gasteiger partial charge < -0.3 is 19.5 Å². The van der Waals surface area contributed by atoms with Gasteiger partial charge in [0.05, 0.1) is 6.61 Å². The van der Waals surface area contributed by atoms with Crippen LogP contribution in [0.5, 0.6) is 5.75 Å². The number of hydrogen-bond donors (Lipinski definition) is 1. The lowest BCUT2D eigenvalue weighted by Gasteiger charge is -2.14. The topological polar surface area (TPSA) is 80.5 Å². The summed E-state index contributed by atoms with van der Waals surface area (Å²) in [5.74, 6) is 1.65. The van der Waals surface area contributed by atoms with Crippen molar-refractivity contribution >= 4 is 11.6 Å². The van der Waals surface area contributed by atoms with Gasteiger partial charge in [0.15, 0.2) is 0 Å². The molecular weight excluding hydrogens is 368 g/mol. The van der Waals surface area contributed by atoms with Gasteiger partial charge in [-0.3, -0.25) is 4.79 Å². The number of carbonyl (C=O) groups is 1. The average Bonchev–Trinajstić information content (AvgIpc) is 3.17. The molecule has 3 rings (SSSR count). The van der Waals surface area contributed by atoms with Gasteiger partial charge in [0.1, 0.15) is 5.75 Å². The molecule has 1 heterocycles. The summed E-state index contributed by atoms with van der Waals surface area (Å²) in [5, 5.41) is 6.98. The fourth-order valence-corrected chi connectivity index (χ4v) is 2.89. The summed E-state index contributed by atoms with van der Waals surface area (Å²) in [6, 6.07) is 15.3. The number of rotatable bonds is 9. The van der Waals surface area contributed by atoms with Gasteiger partial charge in [0.2, 0.25) is 17.6 Å². The van der Waals surface area contributed by atoms with E-state index >= 15 is 0 Å². The predicted octanol–water partition coefficient (Wildman–Crippen LogP) is 3.77. The van der Waals surface area contributed by atoms with Crippen molar-refractivity contribution in [2.75, 3.05) is 26.0 Å². The van der Waals surface area contributed by atoms with Crippen LogP contribution < -0.4 is 10.1 Å². The summed E-state index contributed by atoms with van der Waals surface area (Å²) in [7, 11) is 3.99. The second kappa shape index (κ2) is 9.84. The van der Waals surface area contributed by atoms with E-state index in [0.717, 1.165) is 29.1 Å². The van der Waals surface area contributed by atoms with Crippen LogP contribution in [0.25, 0.3) is 11.4 Å². The Morgan fingerprint density at radius 2 is 1.90 bits per heavy atom. The van der Waals surface area contributed by atoms with E-state index in [2.05, 4.69) is 20.4 Å². The zero-order chi connectivity index (χ0) is 20.6. The molecular formula is C22H26N4O3. The number of anilines is 1. The number of carbonyl (C=O) groups excluding carboxylic acids is 1. The molecule has 7 nitrogen and oxygen atoms in total. The van der Waals surface area contributed by atoms with Crippen LogP contribution in [-0.4, -0.2) is 41.6 Å². The number of amides is 1. The second-order valence-corrected chi connectivity index (χ2v) is 6.91. The van der Waals surface area contributed by atoms with Crippen LogP contribution in [0.1, 0.15) is 24.8 Å². The molecule has 29 heavy (non-hydrogen) atoms. The molecule has 0 aliphatic rings. The van der Waals surface area contributed by atoms with E-state index in [4.69, 9.17) is 9.26 Å². The average molecular weight is 394 g/mol. The number of hydrogen-bond acceptors (Lipinski definition) is 6. The Balaban J connectivity index is 1.56. The van der Waals surface area contributed by atoms with Crippen molar-refractivity contribution in [3.8, 4) is 17.1 Å². The van der Waals surface area contributed by atoms with Crippen LogP contribution >= 0.6 is 0 Å². The molecule has 2 aromatic carbocycles. The molecule has 1 N–H and O–H groups in total. The van der Waals surface area contributed by atoms with Gasteiger partial charge in [-0.1, -0.05) is 23.4 Å². The first-order valence-corrected chi connectivity index (χ1v) is 9.63. The van der Waals surface area contributed by atoms with Crippen LogP contribution in [0, 0.1) is 0 Å². The minimum Gasteiger partial charge on any atom is -0.494 e. The zero-order valence-corrected chi connectivity index (χ0v) is 17.0. The second-order valence-electron chi connectivity index (χ2n) is 6.91. The third-order valence-electron chi connectivity index (χ3n) is 4.24. The van der Waals surface area contributed by atoms with Gasteiger partial charge in [-0.2, -0.15) is 4.98 Å². The number of nitrogens with one attached hydrogen (secondary N) is 1. The smallest absolute Gasteiger partial charge is 0.227 e. The Labute approximate surface area is 170 Å². The van der Waals surface area contributed by atoms with Crippen molar-refractivity contribution in [1.29, 1.82) is 0 Å². The fraction of sp³-hybridized carbons (Fsp3) is 0.318. The number of para-hydroxylation sites is 1. The van der Waals surface area contributed by atoms with Gasteiger partial charge in [0.25, 0.3) is 0 Å². The first kappa shape index (κ1) is 20.5. The van der Waals surface area contributed by atoms with Gasteiger partial charge >= 0.3 is 0 Å². The van der Waals surface area contributed by atoms with E-state index < -0.39 is 0 Å². The van der Waals surface area contributed by atoms with Crippen molar-refractivity contribution in [1.82, 2.24) is 15.0 Å². The minimum absolute atomic E-state index is 0.0861. The lowest BCUT2D eigenvalue weighted by molar-refractivity contribution is -0.116. The summed E-state index contributed by atoms with van der Waals surface area (Å²) in [5.41, 5.74) is 2.73. The molecule has 0 saturated heterocycles. The first-order valence-electron chi connectivity index (χ1n) is 9.63. The SMILES string of the molecule is CCOc1ccc(-c2noc(CCC(=O)Nc3ccccc3CN(C)C)n2)cc1. The standard InChI is InChI=1S/C22H26N4O3/c1-4-28-18-11-9-16(10-12-18)22-24-21(29-25-22)14-13-20(27)23-19-8-6-5-7-17(19)15-26(2)3/h5-12H,4,13-15H2,1-3H3,(H,23,27). The molecule has 1 aromatic heterocycles. The van der Waals surface area contributed by atoms with Crippen molar-refractivity contribution in [3.05, 3.63) is 60.0 Å². The molecule has 0 spiro atoms. The van der Waals surface area contributed by atoms with Gasteiger partial charge in [-0.25, -0.2) is 0 Å². The maximum Gasteiger partial charge on any atom is 0.227 e. The molecule has 0 fully saturated rings. The Morgan fingerprint density at radius 1 is 1.14 bits per heavy atom. The molecule has 152 valence electrons. The first-order chi connectivity index (χ1) is 14.0. The summed E-state index contributed by atoms with van der Waals surface area (Å²) < 4.78 is 10.7. The summed E-state index contributed by atoms with van der Waals surface area (Å²) in [4.78, 5) is 18.8. The van der Waals surface area contributed by atoms with E-state index in [1.807, 2.05) is 69.6 Å². The number of aryl methyl sites for hydroxylation is 1. The van der Waals surface area contributed by atoms with Crippen LogP contribution in [-0.2, 0) is 17.8 Å². The summed E-state index contributed by atoms with van der Waals surface area (Å²) in [6.07, 6.45) is 0.646. The molecule has 0 bridgehead atoms. The summed E-state index contributed by atoms with van der Waals surface area (Å²) >= 11 is 0. The highest BCUT2D eigenvalue weighted by Crippen LogP contribution is 2.21. The third kappa shape index (κ3) is 5.89. The molecule has 0 aliphatic heterocycles. The highest BCUT2D eigenvalue weighted by Gasteiger charge is 2.12. The molecule has 3 aromatic rings. The number of aromatic nitrogens is 2. The largest absolute Gasteiger partial charge is 0.494 e. The van der Waals surface area contributed by atoms with E-state index in [1.54, 1.807) is 0 Å². The Hall–Kier alpha value is -3.19. The Bertz CT molecular complexity index is 935. The Morgan fingerprint density at radius 3 is 2.62 bits per heavy atom. The van der Waals surface area contributed by atoms with E-state index in [0.29, 0.717) is 24.7 Å². The summed E-state index contributed by atoms with van der Waals surface area (Å²) in [6.45, 7) is 3.31. The quantitative estimate of drug-likeness (QED) is 0.595. The van der Waals surface area contributed by atoms with Gasteiger partial charge in [-0.15, -0.1) is 0 Å². The van der Waals surface area contributed by atoms with Crippen LogP contribution in [0.3, 0.4) is 0 Å². The highest BCUT2D eigenvalue weighted by molar-refractivity contribution is 5.91. The van der Waals surface area contributed by atoms with Crippen molar-refractivity contribution in [2.45, 2.75) is 26.3 Å². The monoisotopic (exact) mass is 394 g/mol. The predicted molar refractivity (Wildman–Crippen MR) is 112 cm³/mol. The fourth-order valence-electron chi connectivity index (χ4n) is 2.89. The molecule has 0 aliphatic carbocycles. The third-order valence-corrected chi connectivity index (χ3v) is 4.24. The van der Waals surface area contributed by atoms with Crippen molar-refractivity contribution in [2.24, 2.45) is 0 Å². The lowest BCUT2D eigenvalue weighted by atomic mass is 10.1. The van der Waals surface area contributed by atoms with Crippen molar-refractivity contribution < 1.29 is 14.1 Å². The van der Waals surface area contributed by atoms with Crippen LogP contribution in [0.15, 0.2) is 53.1 Å². The van der Waals surface area contributed by atoms with Gasteiger partial charge in [0, 0.05) is 30.6 Å². The zero-order valence-electron chi connectivity index (χ0n) is 17.0. The number of nitrogens with zero attached hydrogens (tertiary/aromatic N) is 3. The van der Waals surface area contributed by atoms with Crippen LogP contribution in [0.4, 0.5) is 5.69 Å². The maximum absolute atomic E-state index is 12.4.